The molecule has 0 aromatic rings. The Kier molecular flexibility index (Phi) is 5.49. The second-order valence-corrected chi connectivity index (χ2v) is 7.57. The molecular weight excluding hydrogens is 266 g/mol. The Morgan fingerprint density at radius 1 is 1.05 bits per heavy atom. The van der Waals surface area contributed by atoms with Gasteiger partial charge in [-0.25, -0.2) is 4.79 Å². The van der Waals surface area contributed by atoms with E-state index in [4.69, 9.17) is 10.5 Å². The van der Waals surface area contributed by atoms with Gasteiger partial charge in [-0.1, -0.05) is 0 Å². The lowest BCUT2D eigenvalue weighted by Gasteiger charge is -2.32. The van der Waals surface area contributed by atoms with E-state index in [1.54, 1.807) is 0 Å². The molecule has 2 aliphatic rings. The first-order valence-corrected chi connectivity index (χ1v) is 8.34. The Morgan fingerprint density at radius 2 is 1.67 bits per heavy atom. The van der Waals surface area contributed by atoms with Crippen molar-refractivity contribution in [3.8, 4) is 0 Å². The van der Waals surface area contributed by atoms with Gasteiger partial charge in [0.25, 0.3) is 0 Å². The Balaban J connectivity index is 1.79. The summed E-state index contributed by atoms with van der Waals surface area (Å²) < 4.78 is 5.36. The Morgan fingerprint density at radius 3 is 2.29 bits per heavy atom. The summed E-state index contributed by atoms with van der Waals surface area (Å²) in [6, 6.07) is 1.49. The molecule has 0 aromatic carbocycles. The molecule has 2 saturated carbocycles. The molecule has 2 atom stereocenters. The molecule has 2 aliphatic carbocycles. The molecule has 2 fully saturated rings. The number of ether oxygens (including phenoxy) is 1. The van der Waals surface area contributed by atoms with Gasteiger partial charge in [0.05, 0.1) is 0 Å². The largest absolute Gasteiger partial charge is 0.444 e. The summed E-state index contributed by atoms with van der Waals surface area (Å²) in [6.45, 7) is 5.67. The molecule has 0 aliphatic heterocycles. The summed E-state index contributed by atoms with van der Waals surface area (Å²) in [5.41, 5.74) is 5.52. The van der Waals surface area contributed by atoms with Gasteiger partial charge in [-0.2, -0.15) is 0 Å². The van der Waals surface area contributed by atoms with Crippen LogP contribution in [-0.4, -0.2) is 35.9 Å². The third-order valence-electron chi connectivity index (χ3n) is 4.44. The molecular formula is C16H31N3O2. The van der Waals surface area contributed by atoms with Crippen molar-refractivity contribution < 1.29 is 9.53 Å². The van der Waals surface area contributed by atoms with E-state index in [0.29, 0.717) is 18.1 Å². The van der Waals surface area contributed by atoms with Crippen molar-refractivity contribution in [1.82, 2.24) is 10.6 Å². The molecule has 2 unspecified atom stereocenters. The molecule has 21 heavy (non-hydrogen) atoms. The minimum Gasteiger partial charge on any atom is -0.444 e. The SMILES string of the molecule is CC(C)(C)OC(=O)NC1CCCC1NC1CCC(N)CC1. The van der Waals surface area contributed by atoms with E-state index in [-0.39, 0.29) is 12.1 Å². The van der Waals surface area contributed by atoms with E-state index in [2.05, 4.69) is 10.6 Å². The summed E-state index contributed by atoms with van der Waals surface area (Å²) in [6.07, 6.45) is 7.53. The molecule has 0 heterocycles. The molecule has 5 nitrogen and oxygen atoms in total. The number of rotatable bonds is 3. The van der Waals surface area contributed by atoms with E-state index >= 15 is 0 Å². The highest BCUT2D eigenvalue weighted by Crippen LogP contribution is 2.24. The minimum atomic E-state index is -0.439. The first-order chi connectivity index (χ1) is 9.83. The molecule has 0 saturated heterocycles. The Hall–Kier alpha value is -0.810. The van der Waals surface area contributed by atoms with Gasteiger partial charge < -0.3 is 21.1 Å². The van der Waals surface area contributed by atoms with Crippen LogP contribution in [0.2, 0.25) is 0 Å². The maximum absolute atomic E-state index is 11.9. The molecule has 122 valence electrons. The normalized spacial score (nSPS) is 33.7. The van der Waals surface area contributed by atoms with Crippen LogP contribution < -0.4 is 16.4 Å². The van der Waals surface area contributed by atoms with Crippen molar-refractivity contribution in [2.45, 2.75) is 95.5 Å². The van der Waals surface area contributed by atoms with Crippen LogP contribution in [0.1, 0.15) is 65.7 Å². The van der Waals surface area contributed by atoms with Crippen molar-refractivity contribution in [2.75, 3.05) is 0 Å². The lowest BCUT2D eigenvalue weighted by Crippen LogP contribution is -2.51. The van der Waals surface area contributed by atoms with Crippen LogP contribution >= 0.6 is 0 Å². The van der Waals surface area contributed by atoms with Crippen molar-refractivity contribution >= 4 is 6.09 Å². The van der Waals surface area contributed by atoms with Gasteiger partial charge in [0.2, 0.25) is 0 Å². The maximum atomic E-state index is 11.9. The van der Waals surface area contributed by atoms with Gasteiger partial charge in [-0.15, -0.1) is 0 Å². The fourth-order valence-corrected chi connectivity index (χ4v) is 3.38. The van der Waals surface area contributed by atoms with Crippen LogP contribution in [0.4, 0.5) is 4.79 Å². The van der Waals surface area contributed by atoms with Crippen LogP contribution in [-0.2, 0) is 4.74 Å². The number of hydrogen-bond acceptors (Lipinski definition) is 4. The Labute approximate surface area is 128 Å². The molecule has 0 bridgehead atoms. The number of carbonyl (C=O) groups is 1. The number of amides is 1. The van der Waals surface area contributed by atoms with Crippen LogP contribution in [0.25, 0.3) is 0 Å². The minimum absolute atomic E-state index is 0.190. The van der Waals surface area contributed by atoms with E-state index in [1.807, 2.05) is 20.8 Å². The summed E-state index contributed by atoms with van der Waals surface area (Å²) in [5.74, 6) is 0. The third-order valence-corrected chi connectivity index (χ3v) is 4.44. The number of nitrogens with two attached hydrogens (primary N) is 1. The molecule has 1 amide bonds. The smallest absolute Gasteiger partial charge is 0.407 e. The number of alkyl carbamates (subject to hydrolysis) is 1. The molecule has 2 rings (SSSR count). The molecule has 4 N–H and O–H groups in total. The van der Waals surface area contributed by atoms with E-state index in [1.165, 1.54) is 0 Å². The quantitative estimate of drug-likeness (QED) is 0.747. The molecule has 0 spiro atoms. The standard InChI is InChI=1S/C16H31N3O2/c1-16(2,3)21-15(20)19-14-6-4-5-13(14)18-12-9-7-11(17)8-10-12/h11-14,18H,4-10,17H2,1-3H3,(H,19,20). The molecule has 0 aromatic heterocycles. The summed E-state index contributed by atoms with van der Waals surface area (Å²) in [7, 11) is 0. The van der Waals surface area contributed by atoms with E-state index < -0.39 is 5.60 Å². The monoisotopic (exact) mass is 297 g/mol. The fraction of sp³-hybridized carbons (Fsp3) is 0.938. The number of nitrogens with one attached hydrogen (secondary N) is 2. The zero-order valence-electron chi connectivity index (χ0n) is 13.7. The number of carbonyl (C=O) groups excluding carboxylic acids is 1. The van der Waals surface area contributed by atoms with Gasteiger partial charge in [0, 0.05) is 24.2 Å². The van der Waals surface area contributed by atoms with Crippen molar-refractivity contribution in [3.05, 3.63) is 0 Å². The zero-order chi connectivity index (χ0) is 15.5. The number of hydrogen-bond donors (Lipinski definition) is 3. The first-order valence-electron chi connectivity index (χ1n) is 8.34. The predicted molar refractivity (Wildman–Crippen MR) is 84.2 cm³/mol. The average Bonchev–Trinajstić information content (AvgIpc) is 2.77. The molecule has 0 radical (unpaired) electrons. The topological polar surface area (TPSA) is 76.4 Å². The maximum Gasteiger partial charge on any atom is 0.407 e. The van der Waals surface area contributed by atoms with Crippen LogP contribution in [0.5, 0.6) is 0 Å². The van der Waals surface area contributed by atoms with Gasteiger partial charge in [0.1, 0.15) is 5.60 Å². The van der Waals surface area contributed by atoms with Crippen molar-refractivity contribution in [3.63, 3.8) is 0 Å². The van der Waals surface area contributed by atoms with Gasteiger partial charge in [-0.3, -0.25) is 0 Å². The van der Waals surface area contributed by atoms with Crippen molar-refractivity contribution in [2.24, 2.45) is 5.73 Å². The lowest BCUT2D eigenvalue weighted by atomic mass is 9.91. The third kappa shape index (κ3) is 5.47. The second kappa shape index (κ2) is 6.97. The lowest BCUT2D eigenvalue weighted by molar-refractivity contribution is 0.0496. The molecule has 5 heteroatoms. The van der Waals surface area contributed by atoms with E-state index in [0.717, 1.165) is 44.9 Å². The Bertz CT molecular complexity index is 346. The summed E-state index contributed by atoms with van der Waals surface area (Å²) >= 11 is 0. The fourth-order valence-electron chi connectivity index (χ4n) is 3.38. The van der Waals surface area contributed by atoms with Gasteiger partial charge >= 0.3 is 6.09 Å². The highest BCUT2D eigenvalue weighted by atomic mass is 16.6. The summed E-state index contributed by atoms with van der Waals surface area (Å²) in [5, 5.41) is 6.77. The van der Waals surface area contributed by atoms with Crippen LogP contribution in [0, 0.1) is 0 Å². The van der Waals surface area contributed by atoms with Crippen LogP contribution in [0.3, 0.4) is 0 Å². The van der Waals surface area contributed by atoms with E-state index in [9.17, 15) is 4.79 Å². The first kappa shape index (κ1) is 16.6. The van der Waals surface area contributed by atoms with Crippen LogP contribution in [0.15, 0.2) is 0 Å². The van der Waals surface area contributed by atoms with Crippen molar-refractivity contribution in [1.29, 1.82) is 0 Å². The average molecular weight is 297 g/mol. The summed E-state index contributed by atoms with van der Waals surface area (Å²) in [4.78, 5) is 11.9. The highest BCUT2D eigenvalue weighted by Gasteiger charge is 2.32. The predicted octanol–water partition coefficient (Wildman–Crippen LogP) is 2.29. The zero-order valence-corrected chi connectivity index (χ0v) is 13.7. The van der Waals surface area contributed by atoms with Gasteiger partial charge in [-0.05, 0) is 65.7 Å². The highest BCUT2D eigenvalue weighted by molar-refractivity contribution is 5.68. The second-order valence-electron chi connectivity index (χ2n) is 7.57. The van der Waals surface area contributed by atoms with Gasteiger partial charge in [0.15, 0.2) is 0 Å².